The van der Waals surface area contributed by atoms with Crippen molar-refractivity contribution in [2.75, 3.05) is 0 Å². The Balaban J connectivity index is 3.53. The van der Waals surface area contributed by atoms with Gasteiger partial charge in [-0.1, -0.05) is 11.8 Å². The van der Waals surface area contributed by atoms with Crippen molar-refractivity contribution in [3.63, 3.8) is 0 Å². The lowest BCUT2D eigenvalue weighted by Gasteiger charge is -2.04. The Hall–Kier alpha value is 0.540. The number of alkyl halides is 2. The van der Waals surface area contributed by atoms with Crippen LogP contribution in [0.15, 0.2) is 0 Å². The van der Waals surface area contributed by atoms with Crippen LogP contribution in [-0.4, -0.2) is 8.22 Å². The molecule has 0 aliphatic heterocycles. The van der Waals surface area contributed by atoms with Crippen molar-refractivity contribution in [3.8, 4) is 24.7 Å². The Morgan fingerprint density at radius 3 is 1.67 bits per heavy atom. The van der Waals surface area contributed by atoms with Gasteiger partial charge in [-0.05, 0) is 45.2 Å². The molecule has 0 saturated carbocycles. The second kappa shape index (κ2) is 5.33. The quantitative estimate of drug-likeness (QED) is 0.421. The maximum atomic E-state index is 5.05. The number of halogens is 2. The largest absolute Gasteiger partial charge is 0.330 e. The standard InChI is InChI=1S/C6H4I2O/c1-3-5(7)9-6(8)4-2/h1-2,5-6H. The number of hydrogen-bond acceptors (Lipinski definition) is 1. The van der Waals surface area contributed by atoms with Crippen LogP contribution < -0.4 is 0 Å². The van der Waals surface area contributed by atoms with Gasteiger partial charge in [0.1, 0.15) is 0 Å². The van der Waals surface area contributed by atoms with E-state index in [0.29, 0.717) is 0 Å². The molecule has 0 aromatic heterocycles. The van der Waals surface area contributed by atoms with Crippen LogP contribution in [0.4, 0.5) is 0 Å². The molecule has 0 fully saturated rings. The zero-order valence-electron chi connectivity index (χ0n) is 4.47. The van der Waals surface area contributed by atoms with Crippen LogP contribution in [-0.2, 0) is 4.74 Å². The van der Waals surface area contributed by atoms with Gasteiger partial charge in [0.2, 0.25) is 0 Å². The lowest BCUT2D eigenvalue weighted by molar-refractivity contribution is 0.178. The minimum absolute atomic E-state index is 0.222. The third kappa shape index (κ3) is 5.01. The summed E-state index contributed by atoms with van der Waals surface area (Å²) in [5, 5.41) is 0. The fourth-order valence-corrected chi connectivity index (χ4v) is 1.33. The average molecular weight is 346 g/mol. The zero-order chi connectivity index (χ0) is 7.28. The topological polar surface area (TPSA) is 9.23 Å². The van der Waals surface area contributed by atoms with Crippen molar-refractivity contribution in [1.29, 1.82) is 0 Å². The molecule has 0 radical (unpaired) electrons. The summed E-state index contributed by atoms with van der Waals surface area (Å²) >= 11 is 3.97. The predicted molar refractivity (Wildman–Crippen MR) is 54.4 cm³/mol. The van der Waals surface area contributed by atoms with Crippen LogP contribution >= 0.6 is 45.2 Å². The summed E-state index contributed by atoms with van der Waals surface area (Å²) in [4.78, 5) is 0. The van der Waals surface area contributed by atoms with Gasteiger partial charge in [0.15, 0.2) is 8.22 Å². The average Bonchev–Trinajstić information content (AvgIpc) is 1.87. The highest BCUT2D eigenvalue weighted by molar-refractivity contribution is 14.1. The summed E-state index contributed by atoms with van der Waals surface area (Å²) in [6.07, 6.45) is 10.0. The van der Waals surface area contributed by atoms with Gasteiger partial charge >= 0.3 is 0 Å². The Labute approximate surface area is 82.2 Å². The van der Waals surface area contributed by atoms with Gasteiger partial charge in [0, 0.05) is 0 Å². The van der Waals surface area contributed by atoms with E-state index in [0.717, 1.165) is 0 Å². The first-order chi connectivity index (χ1) is 4.20. The van der Waals surface area contributed by atoms with Crippen LogP contribution in [0, 0.1) is 24.7 Å². The number of hydrogen-bond donors (Lipinski definition) is 0. The molecule has 2 unspecified atom stereocenters. The van der Waals surface area contributed by atoms with Crippen molar-refractivity contribution in [3.05, 3.63) is 0 Å². The summed E-state index contributed by atoms with van der Waals surface area (Å²) in [5.74, 6) is 4.79. The van der Waals surface area contributed by atoms with Gasteiger partial charge < -0.3 is 4.74 Å². The number of rotatable bonds is 2. The molecule has 0 amide bonds. The molecule has 3 heteroatoms. The summed E-state index contributed by atoms with van der Waals surface area (Å²) in [7, 11) is 0. The minimum Gasteiger partial charge on any atom is -0.330 e. The highest BCUT2D eigenvalue weighted by atomic mass is 127. The highest BCUT2D eigenvalue weighted by Gasteiger charge is 2.03. The molecule has 0 saturated heterocycles. The summed E-state index contributed by atoms with van der Waals surface area (Å²) < 4.78 is 4.61. The molecule has 0 N–H and O–H groups in total. The molecule has 0 aromatic rings. The molecule has 0 aliphatic rings. The lowest BCUT2D eigenvalue weighted by atomic mass is 10.7. The Kier molecular flexibility index (Phi) is 5.65. The maximum Gasteiger partial charge on any atom is 0.171 e. The molecule has 1 nitrogen and oxygen atoms in total. The third-order valence-electron chi connectivity index (χ3n) is 0.501. The van der Waals surface area contributed by atoms with E-state index in [9.17, 15) is 0 Å². The molecule has 0 aliphatic carbocycles. The molecule has 48 valence electrons. The molecule has 2 atom stereocenters. The van der Waals surface area contributed by atoms with Gasteiger partial charge in [0.05, 0.1) is 0 Å². The second-order valence-electron chi connectivity index (χ2n) is 1.10. The molecule has 0 bridgehead atoms. The predicted octanol–water partition coefficient (Wildman–Crippen LogP) is 1.79. The lowest BCUT2D eigenvalue weighted by Crippen LogP contribution is -2.07. The summed E-state index contributed by atoms with van der Waals surface area (Å²) in [5.41, 5.74) is 0. The van der Waals surface area contributed by atoms with E-state index in [-0.39, 0.29) is 8.22 Å². The molecule has 0 spiro atoms. The van der Waals surface area contributed by atoms with Crippen LogP contribution in [0.2, 0.25) is 0 Å². The van der Waals surface area contributed by atoms with Crippen molar-refractivity contribution in [2.24, 2.45) is 0 Å². The van der Waals surface area contributed by atoms with E-state index >= 15 is 0 Å². The van der Waals surface area contributed by atoms with Crippen molar-refractivity contribution in [1.82, 2.24) is 0 Å². The van der Waals surface area contributed by atoms with Crippen LogP contribution in [0.3, 0.4) is 0 Å². The smallest absolute Gasteiger partial charge is 0.171 e. The van der Waals surface area contributed by atoms with Gasteiger partial charge in [-0.2, -0.15) is 0 Å². The minimum atomic E-state index is -0.222. The van der Waals surface area contributed by atoms with E-state index in [2.05, 4.69) is 11.8 Å². The molecular weight excluding hydrogens is 342 g/mol. The van der Waals surface area contributed by atoms with Crippen molar-refractivity contribution in [2.45, 2.75) is 8.22 Å². The van der Waals surface area contributed by atoms with Crippen LogP contribution in [0.25, 0.3) is 0 Å². The van der Waals surface area contributed by atoms with E-state index in [4.69, 9.17) is 17.6 Å². The fourth-order valence-electron chi connectivity index (χ4n) is 0.183. The molecule has 0 heterocycles. The van der Waals surface area contributed by atoms with E-state index in [1.165, 1.54) is 0 Å². The van der Waals surface area contributed by atoms with E-state index < -0.39 is 0 Å². The second-order valence-corrected chi connectivity index (χ2v) is 3.36. The first-order valence-electron chi connectivity index (χ1n) is 2.06. The molecule has 0 rings (SSSR count). The van der Waals surface area contributed by atoms with Crippen LogP contribution in [0.1, 0.15) is 0 Å². The van der Waals surface area contributed by atoms with Crippen LogP contribution in [0.5, 0.6) is 0 Å². The Bertz CT molecular complexity index is 135. The normalized spacial score (nSPS) is 15.1. The third-order valence-corrected chi connectivity index (χ3v) is 1.81. The molecular formula is C6H4I2O. The monoisotopic (exact) mass is 346 g/mol. The first kappa shape index (κ1) is 9.54. The molecule has 0 aromatic carbocycles. The fraction of sp³-hybridized carbons (Fsp3) is 0.333. The highest BCUT2D eigenvalue weighted by Crippen LogP contribution is 2.09. The van der Waals surface area contributed by atoms with Crippen molar-refractivity contribution >= 4 is 45.2 Å². The molecule has 9 heavy (non-hydrogen) atoms. The summed E-state index contributed by atoms with van der Waals surface area (Å²) in [6, 6.07) is 0. The van der Waals surface area contributed by atoms with Gasteiger partial charge in [-0.15, -0.1) is 12.8 Å². The van der Waals surface area contributed by atoms with Crippen molar-refractivity contribution < 1.29 is 4.74 Å². The number of ether oxygens (including phenoxy) is 1. The SMILES string of the molecule is C#CC(I)OC(I)C#C. The Morgan fingerprint density at radius 1 is 1.11 bits per heavy atom. The maximum absolute atomic E-state index is 5.05. The number of terminal acetylenes is 2. The zero-order valence-corrected chi connectivity index (χ0v) is 8.79. The van der Waals surface area contributed by atoms with E-state index in [1.54, 1.807) is 0 Å². The van der Waals surface area contributed by atoms with E-state index in [1.807, 2.05) is 45.2 Å². The van der Waals surface area contributed by atoms with Gasteiger partial charge in [-0.25, -0.2) is 0 Å². The summed E-state index contributed by atoms with van der Waals surface area (Å²) in [6.45, 7) is 0. The van der Waals surface area contributed by atoms with Gasteiger partial charge in [-0.3, -0.25) is 0 Å². The Morgan fingerprint density at radius 2 is 1.44 bits per heavy atom. The first-order valence-corrected chi connectivity index (χ1v) is 4.55. The van der Waals surface area contributed by atoms with Gasteiger partial charge in [0.25, 0.3) is 0 Å².